The Morgan fingerprint density at radius 1 is 1.73 bits per heavy atom. The lowest BCUT2D eigenvalue weighted by molar-refractivity contribution is 0.250. The lowest BCUT2D eigenvalue weighted by atomic mass is 10.2. The molecule has 0 spiro atoms. The lowest BCUT2D eigenvalue weighted by Crippen LogP contribution is -2.16. The first-order valence-electron chi connectivity index (χ1n) is 3.62. The van der Waals surface area contributed by atoms with Crippen LogP contribution in [0.1, 0.15) is 6.92 Å². The average molecular weight is 176 g/mol. The van der Waals surface area contributed by atoms with Crippen molar-refractivity contribution in [2.45, 2.75) is 6.92 Å². The number of nitrogens with zero attached hydrogens (tertiary/aromatic N) is 1. The summed E-state index contributed by atoms with van der Waals surface area (Å²) in [5.41, 5.74) is 0. The molecule has 0 radical (unpaired) electrons. The van der Waals surface area contributed by atoms with Gasteiger partial charge in [-0.25, -0.2) is 0 Å². The molecular formula is C7H16N2OS. The van der Waals surface area contributed by atoms with Crippen molar-refractivity contribution in [3.63, 3.8) is 0 Å². The van der Waals surface area contributed by atoms with Crippen LogP contribution in [0.3, 0.4) is 0 Å². The molecule has 0 rings (SSSR count). The van der Waals surface area contributed by atoms with Crippen molar-refractivity contribution < 1.29 is 5.11 Å². The first-order valence-corrected chi connectivity index (χ1v) is 4.61. The molecule has 0 aliphatic heterocycles. The van der Waals surface area contributed by atoms with E-state index in [0.29, 0.717) is 5.92 Å². The highest BCUT2D eigenvalue weighted by Crippen LogP contribution is 2.07. The van der Waals surface area contributed by atoms with Crippen LogP contribution in [0.5, 0.6) is 0 Å². The van der Waals surface area contributed by atoms with Crippen molar-refractivity contribution in [3.8, 4) is 0 Å². The van der Waals surface area contributed by atoms with Crippen LogP contribution in [0.2, 0.25) is 0 Å². The summed E-state index contributed by atoms with van der Waals surface area (Å²) in [6.07, 6.45) is 0. The van der Waals surface area contributed by atoms with E-state index >= 15 is 0 Å². The number of amidine groups is 1. The van der Waals surface area contributed by atoms with Crippen LogP contribution >= 0.6 is 11.8 Å². The van der Waals surface area contributed by atoms with Crippen LogP contribution in [-0.4, -0.2) is 36.7 Å². The number of rotatable bonds is 3. The van der Waals surface area contributed by atoms with Gasteiger partial charge in [-0.05, 0) is 5.92 Å². The van der Waals surface area contributed by atoms with Crippen molar-refractivity contribution in [1.82, 2.24) is 5.32 Å². The van der Waals surface area contributed by atoms with E-state index < -0.39 is 0 Å². The largest absolute Gasteiger partial charge is 0.396 e. The Balaban J connectivity index is 3.51. The molecule has 11 heavy (non-hydrogen) atoms. The monoisotopic (exact) mass is 176 g/mol. The Morgan fingerprint density at radius 2 is 2.36 bits per heavy atom. The topological polar surface area (TPSA) is 44.6 Å². The summed E-state index contributed by atoms with van der Waals surface area (Å²) in [6, 6.07) is 0. The van der Waals surface area contributed by atoms with E-state index in [2.05, 4.69) is 10.3 Å². The molecule has 0 bridgehead atoms. The predicted molar refractivity (Wildman–Crippen MR) is 51.1 cm³/mol. The molecule has 66 valence electrons. The van der Waals surface area contributed by atoms with E-state index in [1.807, 2.05) is 14.0 Å². The standard InChI is InChI=1S/C7H16N2OS/c1-6(4-10)5-11-7(8-2)9-3/h6,10H,4-5H2,1-3H3,(H,8,9). The van der Waals surface area contributed by atoms with Crippen LogP contribution < -0.4 is 5.32 Å². The van der Waals surface area contributed by atoms with Gasteiger partial charge in [-0.15, -0.1) is 0 Å². The molecule has 0 amide bonds. The van der Waals surface area contributed by atoms with E-state index in [-0.39, 0.29) is 6.61 Å². The first-order chi connectivity index (χ1) is 5.24. The van der Waals surface area contributed by atoms with Gasteiger partial charge >= 0.3 is 0 Å². The third-order valence-electron chi connectivity index (χ3n) is 1.23. The molecule has 2 N–H and O–H groups in total. The average Bonchev–Trinajstić information content (AvgIpc) is 2.06. The van der Waals surface area contributed by atoms with Crippen molar-refractivity contribution in [3.05, 3.63) is 0 Å². The van der Waals surface area contributed by atoms with Crippen LogP contribution in [0, 0.1) is 5.92 Å². The van der Waals surface area contributed by atoms with E-state index in [1.165, 1.54) is 0 Å². The van der Waals surface area contributed by atoms with Gasteiger partial charge in [0.15, 0.2) is 5.17 Å². The highest BCUT2D eigenvalue weighted by molar-refractivity contribution is 8.13. The maximum absolute atomic E-state index is 8.72. The molecule has 0 aromatic rings. The fourth-order valence-corrected chi connectivity index (χ4v) is 1.34. The molecule has 0 aliphatic carbocycles. The van der Waals surface area contributed by atoms with E-state index in [1.54, 1.807) is 18.8 Å². The number of hydrogen-bond acceptors (Lipinski definition) is 3. The molecule has 4 heteroatoms. The second kappa shape index (κ2) is 6.49. The summed E-state index contributed by atoms with van der Waals surface area (Å²) in [4.78, 5) is 4.00. The number of aliphatic hydroxyl groups excluding tert-OH is 1. The van der Waals surface area contributed by atoms with Gasteiger partial charge in [0.2, 0.25) is 0 Å². The van der Waals surface area contributed by atoms with Gasteiger partial charge in [-0.1, -0.05) is 18.7 Å². The van der Waals surface area contributed by atoms with Crippen molar-refractivity contribution in [1.29, 1.82) is 0 Å². The van der Waals surface area contributed by atoms with E-state index in [0.717, 1.165) is 10.9 Å². The molecule has 1 unspecified atom stereocenters. The minimum atomic E-state index is 0.244. The Hall–Kier alpha value is -0.220. The lowest BCUT2D eigenvalue weighted by Gasteiger charge is -2.07. The smallest absolute Gasteiger partial charge is 0.156 e. The minimum absolute atomic E-state index is 0.244. The zero-order valence-corrected chi connectivity index (χ0v) is 8.11. The maximum Gasteiger partial charge on any atom is 0.156 e. The van der Waals surface area contributed by atoms with Crippen molar-refractivity contribution >= 4 is 16.9 Å². The Kier molecular flexibility index (Phi) is 6.36. The summed E-state index contributed by atoms with van der Waals surface area (Å²) >= 11 is 1.63. The minimum Gasteiger partial charge on any atom is -0.396 e. The number of aliphatic imine (C=N–C) groups is 1. The molecular weight excluding hydrogens is 160 g/mol. The Morgan fingerprint density at radius 3 is 2.73 bits per heavy atom. The number of hydrogen-bond donors (Lipinski definition) is 2. The molecule has 1 atom stereocenters. The van der Waals surface area contributed by atoms with Gasteiger partial charge in [0.25, 0.3) is 0 Å². The van der Waals surface area contributed by atoms with Gasteiger partial charge < -0.3 is 10.4 Å². The third kappa shape index (κ3) is 5.09. The quantitative estimate of drug-likeness (QED) is 0.487. The summed E-state index contributed by atoms with van der Waals surface area (Å²) in [5, 5.41) is 12.6. The van der Waals surface area contributed by atoms with Gasteiger partial charge in [0.1, 0.15) is 0 Å². The summed E-state index contributed by atoms with van der Waals surface area (Å²) < 4.78 is 0. The summed E-state index contributed by atoms with van der Waals surface area (Å²) in [6.45, 7) is 2.25. The van der Waals surface area contributed by atoms with Crippen LogP contribution in [0.25, 0.3) is 0 Å². The fraction of sp³-hybridized carbons (Fsp3) is 0.857. The highest BCUT2D eigenvalue weighted by Gasteiger charge is 2.01. The number of aliphatic hydroxyl groups is 1. The second-order valence-electron chi connectivity index (χ2n) is 2.38. The van der Waals surface area contributed by atoms with Crippen LogP contribution in [-0.2, 0) is 0 Å². The predicted octanol–water partition coefficient (Wildman–Crippen LogP) is 0.553. The SMILES string of the molecule is CN=C(NC)SCC(C)CO. The number of thioether (sulfide) groups is 1. The zero-order chi connectivity index (χ0) is 8.69. The first kappa shape index (κ1) is 10.8. The van der Waals surface area contributed by atoms with Crippen LogP contribution in [0.4, 0.5) is 0 Å². The van der Waals surface area contributed by atoms with Crippen molar-refractivity contribution in [2.75, 3.05) is 26.5 Å². The van der Waals surface area contributed by atoms with E-state index in [4.69, 9.17) is 5.11 Å². The molecule has 0 saturated carbocycles. The molecule has 0 aromatic heterocycles. The fourth-order valence-electron chi connectivity index (χ4n) is 0.522. The van der Waals surface area contributed by atoms with Gasteiger partial charge in [-0.3, -0.25) is 4.99 Å². The van der Waals surface area contributed by atoms with Crippen molar-refractivity contribution in [2.24, 2.45) is 10.9 Å². The normalized spacial score (nSPS) is 14.7. The maximum atomic E-state index is 8.72. The molecule has 0 aliphatic rings. The second-order valence-corrected chi connectivity index (χ2v) is 3.39. The van der Waals surface area contributed by atoms with Gasteiger partial charge in [0, 0.05) is 26.5 Å². The molecule has 0 saturated heterocycles. The Labute approximate surface area is 72.3 Å². The zero-order valence-electron chi connectivity index (χ0n) is 7.29. The van der Waals surface area contributed by atoms with Gasteiger partial charge in [-0.2, -0.15) is 0 Å². The van der Waals surface area contributed by atoms with Gasteiger partial charge in [0.05, 0.1) is 0 Å². The molecule has 0 fully saturated rings. The summed E-state index contributed by atoms with van der Waals surface area (Å²) in [5.74, 6) is 1.24. The third-order valence-corrected chi connectivity index (χ3v) is 2.63. The highest BCUT2D eigenvalue weighted by atomic mass is 32.2. The molecule has 0 heterocycles. The van der Waals surface area contributed by atoms with E-state index in [9.17, 15) is 0 Å². The number of nitrogens with one attached hydrogen (secondary N) is 1. The van der Waals surface area contributed by atoms with Crippen LogP contribution in [0.15, 0.2) is 4.99 Å². The molecule has 3 nitrogen and oxygen atoms in total. The Bertz CT molecular complexity index is 128. The molecule has 0 aromatic carbocycles. The summed E-state index contributed by atoms with van der Waals surface area (Å²) in [7, 11) is 3.60.